The maximum atomic E-state index is 13.4. The number of nitrogens with zero attached hydrogens (tertiary/aromatic N) is 4. The van der Waals surface area contributed by atoms with E-state index in [9.17, 15) is 14.0 Å². The summed E-state index contributed by atoms with van der Waals surface area (Å²) in [7, 11) is 1.57. The van der Waals surface area contributed by atoms with E-state index in [0.717, 1.165) is 11.3 Å². The molecule has 0 aliphatic carbocycles. The van der Waals surface area contributed by atoms with E-state index in [4.69, 9.17) is 4.84 Å². The first-order valence-electron chi connectivity index (χ1n) is 8.75. The third kappa shape index (κ3) is 3.14. The van der Waals surface area contributed by atoms with Crippen molar-refractivity contribution < 1.29 is 18.8 Å². The van der Waals surface area contributed by atoms with Gasteiger partial charge in [0.1, 0.15) is 11.5 Å². The highest BCUT2D eigenvalue weighted by Gasteiger charge is 2.33. The summed E-state index contributed by atoms with van der Waals surface area (Å²) in [6, 6.07) is 4.14. The average Bonchev–Trinajstić information content (AvgIpc) is 2.94. The van der Waals surface area contributed by atoms with Crippen LogP contribution in [0.3, 0.4) is 0 Å². The number of benzene rings is 1. The Hall–Kier alpha value is -2.94. The van der Waals surface area contributed by atoms with Crippen molar-refractivity contribution in [3.05, 3.63) is 46.5 Å². The molecule has 1 aromatic carbocycles. The van der Waals surface area contributed by atoms with Crippen LogP contribution >= 0.6 is 0 Å². The lowest BCUT2D eigenvalue weighted by Gasteiger charge is -2.27. The Kier molecular flexibility index (Phi) is 4.31. The summed E-state index contributed by atoms with van der Waals surface area (Å²) < 4.78 is 15.1. The molecule has 2 aromatic rings. The molecule has 9 heteroatoms. The highest BCUT2D eigenvalue weighted by molar-refractivity contribution is 5.94. The molecule has 2 aliphatic rings. The maximum Gasteiger partial charge on any atom is 0.322 e. The Morgan fingerprint density at radius 1 is 1.33 bits per heavy atom. The largest absolute Gasteiger partial charge is 0.322 e. The van der Waals surface area contributed by atoms with E-state index < -0.39 is 0 Å². The fourth-order valence-corrected chi connectivity index (χ4v) is 3.40. The van der Waals surface area contributed by atoms with Crippen molar-refractivity contribution >= 4 is 17.6 Å². The topological polar surface area (TPSA) is 79.7 Å². The minimum Gasteiger partial charge on any atom is -0.320 e. The first-order valence-corrected chi connectivity index (χ1v) is 8.75. The summed E-state index contributed by atoms with van der Waals surface area (Å²) >= 11 is 0. The molecule has 0 bridgehead atoms. The zero-order valence-corrected chi connectivity index (χ0v) is 15.2. The third-order valence-corrected chi connectivity index (χ3v) is 4.87. The monoisotopic (exact) mass is 373 g/mol. The molecule has 0 radical (unpaired) electrons. The van der Waals surface area contributed by atoms with Gasteiger partial charge in [0.15, 0.2) is 0 Å². The van der Waals surface area contributed by atoms with E-state index in [1.54, 1.807) is 29.6 Å². The van der Waals surface area contributed by atoms with Gasteiger partial charge in [-0.05, 0) is 30.7 Å². The van der Waals surface area contributed by atoms with E-state index in [0.29, 0.717) is 43.1 Å². The SMILES string of the molecule is Cc1cc(NC(=O)N2CCc3nn4c(c3C2)C(=O)N(C)OCC4)ccc1F. The second kappa shape index (κ2) is 6.66. The van der Waals surface area contributed by atoms with E-state index in [-0.39, 0.29) is 24.3 Å². The molecule has 1 aromatic heterocycles. The molecule has 0 fully saturated rings. The van der Waals surface area contributed by atoms with Gasteiger partial charge in [-0.3, -0.25) is 14.3 Å². The number of nitrogens with one attached hydrogen (secondary N) is 1. The Morgan fingerprint density at radius 2 is 2.15 bits per heavy atom. The predicted octanol–water partition coefficient (Wildman–Crippen LogP) is 1.94. The van der Waals surface area contributed by atoms with Crippen LogP contribution in [0.5, 0.6) is 0 Å². The summed E-state index contributed by atoms with van der Waals surface area (Å²) in [6.45, 7) is 3.28. The summed E-state index contributed by atoms with van der Waals surface area (Å²) in [5.41, 5.74) is 3.07. The molecular weight excluding hydrogens is 353 g/mol. The first kappa shape index (κ1) is 17.5. The lowest BCUT2D eigenvalue weighted by atomic mass is 10.1. The van der Waals surface area contributed by atoms with E-state index in [2.05, 4.69) is 10.4 Å². The second-order valence-corrected chi connectivity index (χ2v) is 6.70. The Morgan fingerprint density at radius 3 is 2.93 bits per heavy atom. The lowest BCUT2D eigenvalue weighted by Crippen LogP contribution is -2.39. The zero-order valence-electron chi connectivity index (χ0n) is 15.2. The quantitative estimate of drug-likeness (QED) is 0.829. The smallest absolute Gasteiger partial charge is 0.320 e. The van der Waals surface area contributed by atoms with Crippen molar-refractivity contribution in [2.75, 3.05) is 25.5 Å². The number of fused-ring (bicyclic) bond motifs is 3. The number of urea groups is 1. The molecule has 3 heterocycles. The van der Waals surface area contributed by atoms with Crippen LogP contribution in [0.4, 0.5) is 14.9 Å². The van der Waals surface area contributed by atoms with Crippen molar-refractivity contribution in [3.8, 4) is 0 Å². The average molecular weight is 373 g/mol. The summed E-state index contributed by atoms with van der Waals surface area (Å²) in [5, 5.41) is 8.52. The molecule has 0 saturated carbocycles. The number of rotatable bonds is 1. The molecule has 2 aliphatic heterocycles. The van der Waals surface area contributed by atoms with Crippen LogP contribution < -0.4 is 5.32 Å². The fourth-order valence-electron chi connectivity index (χ4n) is 3.40. The number of aryl methyl sites for hydroxylation is 1. The van der Waals surface area contributed by atoms with Gasteiger partial charge in [0.05, 0.1) is 25.4 Å². The van der Waals surface area contributed by atoms with Crippen LogP contribution in [-0.2, 0) is 24.3 Å². The molecule has 0 unspecified atom stereocenters. The molecule has 0 spiro atoms. The van der Waals surface area contributed by atoms with Gasteiger partial charge in [0.2, 0.25) is 0 Å². The van der Waals surface area contributed by atoms with E-state index >= 15 is 0 Å². The third-order valence-electron chi connectivity index (χ3n) is 4.87. The maximum absolute atomic E-state index is 13.4. The number of amides is 3. The first-order chi connectivity index (χ1) is 12.9. The standard InChI is InChI=1S/C18H20FN5O3/c1-11-9-12(3-4-14(11)19)20-18(26)23-6-5-15-13(10-23)16-17(25)22(2)27-8-7-24(16)21-15/h3-4,9H,5-8,10H2,1-2H3,(H,20,26). The molecule has 8 nitrogen and oxygen atoms in total. The van der Waals surface area contributed by atoms with E-state index in [1.165, 1.54) is 17.2 Å². The van der Waals surface area contributed by atoms with Gasteiger partial charge >= 0.3 is 6.03 Å². The predicted molar refractivity (Wildman–Crippen MR) is 94.5 cm³/mol. The van der Waals surface area contributed by atoms with Crippen LogP contribution in [0.25, 0.3) is 0 Å². The van der Waals surface area contributed by atoms with Crippen molar-refractivity contribution in [1.82, 2.24) is 19.7 Å². The number of hydrogen-bond acceptors (Lipinski definition) is 4. The number of carbonyl (C=O) groups excluding carboxylic acids is 2. The minimum absolute atomic E-state index is 0.266. The molecule has 0 saturated heterocycles. The summed E-state index contributed by atoms with van der Waals surface area (Å²) in [6.07, 6.45) is 0.572. The van der Waals surface area contributed by atoms with Gasteiger partial charge < -0.3 is 10.2 Å². The number of hydrogen-bond donors (Lipinski definition) is 1. The summed E-state index contributed by atoms with van der Waals surface area (Å²) in [4.78, 5) is 32.2. The van der Waals surface area contributed by atoms with Crippen LogP contribution in [0.2, 0.25) is 0 Å². The molecular formula is C18H20FN5O3. The highest BCUT2D eigenvalue weighted by atomic mass is 19.1. The minimum atomic E-state index is -0.317. The number of anilines is 1. The van der Waals surface area contributed by atoms with Crippen LogP contribution in [0, 0.1) is 12.7 Å². The Bertz CT molecular complexity index is 926. The zero-order chi connectivity index (χ0) is 19.1. The molecule has 4 rings (SSSR count). The van der Waals surface area contributed by atoms with Gasteiger partial charge in [-0.25, -0.2) is 14.2 Å². The molecule has 27 heavy (non-hydrogen) atoms. The fraction of sp³-hybridized carbons (Fsp3) is 0.389. The molecule has 142 valence electrons. The Balaban J connectivity index is 1.56. The van der Waals surface area contributed by atoms with Crippen molar-refractivity contribution in [2.45, 2.75) is 26.4 Å². The molecule has 1 N–H and O–H groups in total. The lowest BCUT2D eigenvalue weighted by molar-refractivity contribution is -0.103. The van der Waals surface area contributed by atoms with Gasteiger partial charge in [0.25, 0.3) is 5.91 Å². The molecule has 3 amide bonds. The van der Waals surface area contributed by atoms with Crippen LogP contribution in [-0.4, -0.2) is 51.9 Å². The van der Waals surface area contributed by atoms with Gasteiger partial charge in [-0.1, -0.05) is 0 Å². The van der Waals surface area contributed by atoms with Gasteiger partial charge in [0, 0.05) is 31.3 Å². The number of halogens is 1. The van der Waals surface area contributed by atoms with Crippen LogP contribution in [0.15, 0.2) is 18.2 Å². The van der Waals surface area contributed by atoms with Gasteiger partial charge in [-0.15, -0.1) is 0 Å². The highest BCUT2D eigenvalue weighted by Crippen LogP contribution is 2.25. The Labute approximate surface area is 155 Å². The number of hydroxylamine groups is 2. The van der Waals surface area contributed by atoms with Gasteiger partial charge in [-0.2, -0.15) is 5.10 Å². The van der Waals surface area contributed by atoms with Crippen LogP contribution in [0.1, 0.15) is 27.3 Å². The van der Waals surface area contributed by atoms with Crippen molar-refractivity contribution in [2.24, 2.45) is 0 Å². The number of aromatic nitrogens is 2. The second-order valence-electron chi connectivity index (χ2n) is 6.70. The van der Waals surface area contributed by atoms with E-state index in [1.807, 2.05) is 0 Å². The van der Waals surface area contributed by atoms with Crippen molar-refractivity contribution in [3.63, 3.8) is 0 Å². The normalized spacial score (nSPS) is 16.6. The molecule has 0 atom stereocenters. The number of carbonyl (C=O) groups is 2. The van der Waals surface area contributed by atoms with Crippen molar-refractivity contribution in [1.29, 1.82) is 0 Å². The summed E-state index contributed by atoms with van der Waals surface area (Å²) in [5.74, 6) is -0.583.